The van der Waals surface area contributed by atoms with Gasteiger partial charge in [0.2, 0.25) is 0 Å². The van der Waals surface area contributed by atoms with E-state index in [0.717, 1.165) is 62.1 Å². The largest absolute Gasteiger partial charge is 0.493 e. The summed E-state index contributed by atoms with van der Waals surface area (Å²) in [4.78, 5) is 27.0. The number of likely N-dealkylation sites (N-methyl/N-ethyl adjacent to an activating group) is 1. The lowest BCUT2D eigenvalue weighted by molar-refractivity contribution is -0.137. The third-order valence-corrected chi connectivity index (χ3v) is 7.35. The van der Waals surface area contributed by atoms with E-state index in [9.17, 15) is 14.7 Å². The molecule has 0 radical (unpaired) electrons. The van der Waals surface area contributed by atoms with Gasteiger partial charge in [-0.25, -0.2) is 4.79 Å². The maximum atomic E-state index is 11.2. The van der Waals surface area contributed by atoms with Crippen LogP contribution in [0.3, 0.4) is 0 Å². The van der Waals surface area contributed by atoms with E-state index in [1.807, 2.05) is 30.3 Å². The molecule has 1 heterocycles. The first-order valence-electron chi connectivity index (χ1n) is 14.3. The second-order valence-electron chi connectivity index (χ2n) is 10.6. The van der Waals surface area contributed by atoms with Crippen LogP contribution in [0.1, 0.15) is 66.4 Å². The molecule has 39 heavy (non-hydrogen) atoms. The minimum atomic E-state index is -0.932. The fourth-order valence-corrected chi connectivity index (χ4v) is 4.89. The topological polar surface area (TPSA) is 90.3 Å². The Labute approximate surface area is 233 Å². The first-order valence-corrected chi connectivity index (χ1v) is 14.3. The molecule has 1 atom stereocenters. The SMILES string of the molecule is CN1CCN(CCCCCOc2ccccc2/C=C/C(CCCCC(=O)O)Cc2ccc(C(=O)O)cc2)CC1. The van der Waals surface area contributed by atoms with Crippen molar-refractivity contribution < 1.29 is 24.5 Å². The number of ether oxygens (including phenoxy) is 1. The molecule has 2 N–H and O–H groups in total. The molecular weight excluding hydrogens is 492 g/mol. The molecule has 7 nitrogen and oxygen atoms in total. The minimum absolute atomic E-state index is 0.176. The maximum absolute atomic E-state index is 11.2. The Morgan fingerprint density at radius 1 is 0.923 bits per heavy atom. The maximum Gasteiger partial charge on any atom is 0.335 e. The standard InChI is InChI=1S/C32H44N2O5/c1-33-20-22-34(23-21-33)19-7-2-8-24-39-30-11-5-4-10-28(30)16-13-26(9-3-6-12-31(35)36)25-27-14-17-29(18-15-27)32(37)38/h4-5,10-11,13-18,26H,2-3,6-9,12,19-25H2,1H3,(H,35,36)(H,37,38)/b16-13+. The highest BCUT2D eigenvalue weighted by Crippen LogP contribution is 2.24. The van der Waals surface area contributed by atoms with Gasteiger partial charge in [0.1, 0.15) is 5.75 Å². The number of hydrogen-bond acceptors (Lipinski definition) is 5. The summed E-state index contributed by atoms with van der Waals surface area (Å²) >= 11 is 0. The lowest BCUT2D eigenvalue weighted by Crippen LogP contribution is -2.44. The molecule has 1 aliphatic rings. The van der Waals surface area contributed by atoms with Gasteiger partial charge < -0.3 is 24.7 Å². The number of allylic oxidation sites excluding steroid dienone is 1. The average molecular weight is 537 g/mol. The van der Waals surface area contributed by atoms with Crippen molar-refractivity contribution in [1.82, 2.24) is 9.80 Å². The average Bonchev–Trinajstić information content (AvgIpc) is 2.93. The lowest BCUT2D eigenvalue weighted by atomic mass is 9.92. The van der Waals surface area contributed by atoms with E-state index in [2.05, 4.69) is 35.1 Å². The van der Waals surface area contributed by atoms with Gasteiger partial charge in [0.15, 0.2) is 0 Å². The molecule has 1 fully saturated rings. The number of para-hydroxylation sites is 1. The van der Waals surface area contributed by atoms with Gasteiger partial charge in [-0.3, -0.25) is 4.79 Å². The molecule has 0 bridgehead atoms. The second-order valence-corrected chi connectivity index (χ2v) is 10.6. The van der Waals surface area contributed by atoms with Crippen LogP contribution in [0.5, 0.6) is 5.75 Å². The smallest absolute Gasteiger partial charge is 0.335 e. The summed E-state index contributed by atoms with van der Waals surface area (Å²) in [7, 11) is 2.19. The Kier molecular flexibility index (Phi) is 13.0. The molecule has 2 aromatic rings. The van der Waals surface area contributed by atoms with Crippen molar-refractivity contribution in [1.29, 1.82) is 0 Å². The summed E-state index contributed by atoms with van der Waals surface area (Å²) in [5.41, 5.74) is 2.37. The third kappa shape index (κ3) is 11.6. The molecule has 0 spiro atoms. The highest BCUT2D eigenvalue weighted by atomic mass is 16.5. The van der Waals surface area contributed by atoms with Crippen LogP contribution in [0.4, 0.5) is 0 Å². The second kappa shape index (κ2) is 16.7. The number of rotatable bonds is 17. The van der Waals surface area contributed by atoms with Crippen molar-refractivity contribution >= 4 is 18.0 Å². The van der Waals surface area contributed by atoms with Crippen LogP contribution in [-0.4, -0.2) is 78.3 Å². The number of hydrogen-bond donors (Lipinski definition) is 2. The quantitative estimate of drug-likeness (QED) is 0.251. The van der Waals surface area contributed by atoms with Gasteiger partial charge in [0, 0.05) is 38.2 Å². The van der Waals surface area contributed by atoms with Crippen LogP contribution in [0.15, 0.2) is 54.6 Å². The highest BCUT2D eigenvalue weighted by Gasteiger charge is 2.13. The van der Waals surface area contributed by atoms with E-state index in [0.29, 0.717) is 13.0 Å². The van der Waals surface area contributed by atoms with E-state index in [1.165, 1.54) is 26.1 Å². The zero-order valence-corrected chi connectivity index (χ0v) is 23.3. The van der Waals surface area contributed by atoms with Crippen LogP contribution >= 0.6 is 0 Å². The van der Waals surface area contributed by atoms with Crippen LogP contribution < -0.4 is 4.74 Å². The number of nitrogens with zero attached hydrogens (tertiary/aromatic N) is 2. The third-order valence-electron chi connectivity index (χ3n) is 7.35. The molecule has 0 aliphatic carbocycles. The Hall–Kier alpha value is -3.16. The molecule has 1 saturated heterocycles. The van der Waals surface area contributed by atoms with Crippen molar-refractivity contribution in [3.05, 3.63) is 71.3 Å². The van der Waals surface area contributed by atoms with Gasteiger partial charge in [0.05, 0.1) is 12.2 Å². The Morgan fingerprint density at radius 3 is 2.38 bits per heavy atom. The number of aromatic carboxylic acids is 1. The van der Waals surface area contributed by atoms with Gasteiger partial charge in [-0.2, -0.15) is 0 Å². The summed E-state index contributed by atoms with van der Waals surface area (Å²) in [5, 5.41) is 18.1. The molecule has 2 aromatic carbocycles. The van der Waals surface area contributed by atoms with Crippen molar-refractivity contribution in [2.24, 2.45) is 5.92 Å². The molecule has 7 heteroatoms. The normalized spacial score (nSPS) is 15.4. The molecule has 3 rings (SSSR count). The Balaban J connectivity index is 1.51. The first-order chi connectivity index (χ1) is 18.9. The zero-order chi connectivity index (χ0) is 27.9. The van der Waals surface area contributed by atoms with E-state index < -0.39 is 11.9 Å². The summed E-state index contributed by atoms with van der Waals surface area (Å²) in [6.45, 7) is 6.52. The van der Waals surface area contributed by atoms with Crippen LogP contribution in [0.2, 0.25) is 0 Å². The van der Waals surface area contributed by atoms with E-state index in [1.54, 1.807) is 12.1 Å². The molecule has 1 unspecified atom stereocenters. The van der Waals surface area contributed by atoms with Crippen LogP contribution in [0, 0.1) is 5.92 Å². The summed E-state index contributed by atoms with van der Waals surface area (Å²) in [6.07, 6.45) is 10.9. The molecular formula is C32H44N2O5. The molecule has 0 saturated carbocycles. The van der Waals surface area contributed by atoms with Gasteiger partial charge >= 0.3 is 11.9 Å². The predicted molar refractivity (Wildman–Crippen MR) is 155 cm³/mol. The van der Waals surface area contributed by atoms with Crippen LogP contribution in [0.25, 0.3) is 6.08 Å². The Morgan fingerprint density at radius 2 is 1.67 bits per heavy atom. The van der Waals surface area contributed by atoms with E-state index in [4.69, 9.17) is 9.84 Å². The highest BCUT2D eigenvalue weighted by molar-refractivity contribution is 5.87. The van der Waals surface area contributed by atoms with Gasteiger partial charge in [-0.1, -0.05) is 48.9 Å². The molecule has 0 aromatic heterocycles. The van der Waals surface area contributed by atoms with Crippen molar-refractivity contribution in [3.63, 3.8) is 0 Å². The number of piperazine rings is 1. The predicted octanol–water partition coefficient (Wildman–Crippen LogP) is 5.70. The van der Waals surface area contributed by atoms with Crippen molar-refractivity contribution in [3.8, 4) is 5.75 Å². The van der Waals surface area contributed by atoms with Crippen molar-refractivity contribution in [2.75, 3.05) is 46.4 Å². The number of benzene rings is 2. The zero-order valence-electron chi connectivity index (χ0n) is 23.3. The van der Waals surface area contributed by atoms with Crippen LogP contribution in [-0.2, 0) is 11.2 Å². The molecule has 1 aliphatic heterocycles. The number of aliphatic carboxylic acids is 1. The molecule has 212 valence electrons. The minimum Gasteiger partial charge on any atom is -0.493 e. The lowest BCUT2D eigenvalue weighted by Gasteiger charge is -2.32. The fourth-order valence-electron chi connectivity index (χ4n) is 4.89. The Bertz CT molecular complexity index is 1040. The summed E-state index contributed by atoms with van der Waals surface area (Å²) in [5.74, 6) is -0.615. The summed E-state index contributed by atoms with van der Waals surface area (Å²) in [6, 6.07) is 15.1. The summed E-state index contributed by atoms with van der Waals surface area (Å²) < 4.78 is 6.16. The first kappa shape index (κ1) is 30.4. The number of carboxylic acid groups (broad SMARTS) is 2. The van der Waals surface area contributed by atoms with E-state index in [-0.39, 0.29) is 17.9 Å². The molecule has 0 amide bonds. The monoisotopic (exact) mass is 536 g/mol. The van der Waals surface area contributed by atoms with Gasteiger partial charge in [-0.05, 0) is 81.8 Å². The van der Waals surface area contributed by atoms with Crippen molar-refractivity contribution in [2.45, 2.75) is 51.4 Å². The number of unbranched alkanes of at least 4 members (excludes halogenated alkanes) is 3. The van der Waals surface area contributed by atoms with E-state index >= 15 is 0 Å². The van der Waals surface area contributed by atoms with Gasteiger partial charge in [-0.15, -0.1) is 0 Å². The number of carboxylic acids is 2. The number of carbonyl (C=O) groups is 2. The fraction of sp³-hybridized carbons (Fsp3) is 0.500. The van der Waals surface area contributed by atoms with Gasteiger partial charge in [0.25, 0.3) is 0 Å².